The van der Waals surface area contributed by atoms with Crippen LogP contribution in [0.3, 0.4) is 0 Å². The number of nitro groups is 1. The van der Waals surface area contributed by atoms with Gasteiger partial charge in [0, 0.05) is 31.3 Å². The number of benzene rings is 1. The zero-order chi connectivity index (χ0) is 16.5. The van der Waals surface area contributed by atoms with E-state index in [0.29, 0.717) is 17.7 Å². The molecule has 2 rings (SSSR count). The van der Waals surface area contributed by atoms with Gasteiger partial charge in [-0.2, -0.15) is 13.2 Å². The minimum absolute atomic E-state index is 0.00121. The second-order valence-corrected chi connectivity index (χ2v) is 5.62. The lowest BCUT2D eigenvalue weighted by atomic mass is 9.90. The van der Waals surface area contributed by atoms with Crippen LogP contribution < -0.4 is 0 Å². The molecule has 1 heterocycles. The second-order valence-electron chi connectivity index (χ2n) is 5.62. The second kappa shape index (κ2) is 5.85. The van der Waals surface area contributed by atoms with Crippen LogP contribution in [0.25, 0.3) is 0 Å². The van der Waals surface area contributed by atoms with Crippen molar-refractivity contribution < 1.29 is 23.2 Å². The number of piperidine rings is 1. The van der Waals surface area contributed by atoms with Gasteiger partial charge in [-0.05, 0) is 25.3 Å². The molecular weight excluding hydrogens is 301 g/mol. The highest BCUT2D eigenvalue weighted by Gasteiger charge is 2.54. The minimum Gasteiger partial charge on any atom is -0.380 e. The molecule has 0 aromatic heterocycles. The van der Waals surface area contributed by atoms with E-state index in [4.69, 9.17) is 0 Å². The monoisotopic (exact) mass is 318 g/mol. The Kier molecular flexibility index (Phi) is 4.44. The number of hydrogen-bond acceptors (Lipinski definition) is 4. The van der Waals surface area contributed by atoms with Gasteiger partial charge in [0.05, 0.1) is 4.92 Å². The molecule has 1 N–H and O–H groups in total. The first-order valence-electron chi connectivity index (χ1n) is 6.88. The molecule has 8 heteroatoms. The Hall–Kier alpha value is -1.67. The van der Waals surface area contributed by atoms with Gasteiger partial charge in [-0.3, -0.25) is 15.0 Å². The summed E-state index contributed by atoms with van der Waals surface area (Å²) in [5.74, 6) is 0. The summed E-state index contributed by atoms with van der Waals surface area (Å²) in [6.07, 6.45) is -5.39. The van der Waals surface area contributed by atoms with Crippen LogP contribution in [0.4, 0.5) is 18.9 Å². The topological polar surface area (TPSA) is 66.6 Å². The molecule has 1 aliphatic heterocycles. The molecule has 1 fully saturated rings. The van der Waals surface area contributed by atoms with Crippen LogP contribution in [0.15, 0.2) is 18.2 Å². The number of alkyl halides is 3. The average molecular weight is 318 g/mol. The standard InChI is InChI=1S/C14H17F3N2O3/c1-10-11(3-2-4-12(10)19(21)22)9-18-7-5-13(20,6-8-18)14(15,16)17/h2-4,20H,5-9H2,1H3. The number of likely N-dealkylation sites (tertiary alicyclic amines) is 1. The van der Waals surface area contributed by atoms with E-state index in [1.165, 1.54) is 6.07 Å². The van der Waals surface area contributed by atoms with Crippen LogP contribution in [0, 0.1) is 17.0 Å². The van der Waals surface area contributed by atoms with E-state index in [-0.39, 0.29) is 31.6 Å². The Labute approximate surface area is 125 Å². The highest BCUT2D eigenvalue weighted by atomic mass is 19.4. The zero-order valence-corrected chi connectivity index (χ0v) is 12.1. The predicted molar refractivity (Wildman–Crippen MR) is 73.3 cm³/mol. The molecule has 1 aromatic rings. The number of hydrogen-bond donors (Lipinski definition) is 1. The zero-order valence-electron chi connectivity index (χ0n) is 12.1. The molecule has 0 amide bonds. The van der Waals surface area contributed by atoms with Crippen LogP contribution in [-0.4, -0.2) is 39.8 Å². The highest BCUT2D eigenvalue weighted by Crippen LogP contribution is 2.38. The van der Waals surface area contributed by atoms with Crippen molar-refractivity contribution in [2.24, 2.45) is 0 Å². The molecule has 1 aliphatic rings. The van der Waals surface area contributed by atoms with E-state index < -0.39 is 16.7 Å². The molecule has 5 nitrogen and oxygen atoms in total. The van der Waals surface area contributed by atoms with Gasteiger partial charge in [0.25, 0.3) is 5.69 Å². The van der Waals surface area contributed by atoms with Crippen LogP contribution in [0.5, 0.6) is 0 Å². The fourth-order valence-electron chi connectivity index (χ4n) is 2.64. The number of nitro benzene ring substituents is 1. The molecule has 1 saturated heterocycles. The van der Waals surface area contributed by atoms with E-state index in [1.54, 1.807) is 24.0 Å². The van der Waals surface area contributed by atoms with Gasteiger partial charge in [-0.1, -0.05) is 12.1 Å². The molecule has 22 heavy (non-hydrogen) atoms. The van der Waals surface area contributed by atoms with Gasteiger partial charge < -0.3 is 5.11 Å². The normalized spacial score (nSPS) is 19.1. The third-order valence-corrected chi connectivity index (χ3v) is 4.22. The van der Waals surface area contributed by atoms with Crippen molar-refractivity contribution in [3.63, 3.8) is 0 Å². The molecular formula is C14H17F3N2O3. The summed E-state index contributed by atoms with van der Waals surface area (Å²) in [7, 11) is 0. The maximum absolute atomic E-state index is 12.7. The summed E-state index contributed by atoms with van der Waals surface area (Å²) in [4.78, 5) is 12.2. The number of halogens is 3. The summed E-state index contributed by atoms with van der Waals surface area (Å²) in [5.41, 5.74) is -1.39. The molecule has 0 radical (unpaired) electrons. The van der Waals surface area contributed by atoms with Gasteiger partial charge >= 0.3 is 6.18 Å². The van der Waals surface area contributed by atoms with Crippen molar-refractivity contribution in [2.45, 2.75) is 38.1 Å². The summed E-state index contributed by atoms with van der Waals surface area (Å²) < 4.78 is 38.2. The molecule has 1 aromatic carbocycles. The number of aliphatic hydroxyl groups is 1. The van der Waals surface area contributed by atoms with E-state index >= 15 is 0 Å². The molecule has 0 saturated carbocycles. The summed E-state index contributed by atoms with van der Waals surface area (Å²) in [6, 6.07) is 4.70. The lowest BCUT2D eigenvalue weighted by molar-refractivity contribution is -0.385. The molecule has 0 bridgehead atoms. The number of nitrogens with zero attached hydrogens (tertiary/aromatic N) is 2. The fourth-order valence-corrected chi connectivity index (χ4v) is 2.64. The Morgan fingerprint density at radius 2 is 1.95 bits per heavy atom. The summed E-state index contributed by atoms with van der Waals surface area (Å²) in [6.45, 7) is 2.15. The van der Waals surface area contributed by atoms with E-state index in [0.717, 1.165) is 0 Å². The van der Waals surface area contributed by atoms with Gasteiger partial charge in [-0.15, -0.1) is 0 Å². The van der Waals surface area contributed by atoms with Crippen molar-refractivity contribution in [3.05, 3.63) is 39.4 Å². The first-order chi connectivity index (χ1) is 10.1. The SMILES string of the molecule is Cc1c(CN2CCC(O)(C(F)(F)F)CC2)cccc1[N+](=O)[O-]. The third kappa shape index (κ3) is 3.22. The average Bonchev–Trinajstić information content (AvgIpc) is 2.42. The Balaban J connectivity index is 2.06. The first-order valence-corrected chi connectivity index (χ1v) is 6.88. The van der Waals surface area contributed by atoms with Crippen molar-refractivity contribution in [3.8, 4) is 0 Å². The Morgan fingerprint density at radius 1 is 1.36 bits per heavy atom. The third-order valence-electron chi connectivity index (χ3n) is 4.22. The van der Waals surface area contributed by atoms with E-state index in [9.17, 15) is 28.4 Å². The maximum atomic E-state index is 12.7. The molecule has 0 aliphatic carbocycles. The van der Waals surface area contributed by atoms with Crippen LogP contribution in [-0.2, 0) is 6.54 Å². The number of rotatable bonds is 3. The van der Waals surface area contributed by atoms with Crippen molar-refractivity contribution in [1.29, 1.82) is 0 Å². The predicted octanol–water partition coefficient (Wildman–Crippen LogP) is 2.79. The van der Waals surface area contributed by atoms with Gasteiger partial charge in [0.2, 0.25) is 0 Å². The van der Waals surface area contributed by atoms with E-state index in [2.05, 4.69) is 0 Å². The Morgan fingerprint density at radius 3 is 2.45 bits per heavy atom. The van der Waals surface area contributed by atoms with E-state index in [1.807, 2.05) is 0 Å². The van der Waals surface area contributed by atoms with Crippen LogP contribution in [0.2, 0.25) is 0 Å². The van der Waals surface area contributed by atoms with Gasteiger partial charge in [0.15, 0.2) is 5.60 Å². The maximum Gasteiger partial charge on any atom is 0.417 e. The fraction of sp³-hybridized carbons (Fsp3) is 0.571. The first kappa shape index (κ1) is 16.7. The van der Waals surface area contributed by atoms with Crippen LogP contribution >= 0.6 is 0 Å². The quantitative estimate of drug-likeness (QED) is 0.687. The minimum atomic E-state index is -4.62. The molecule has 122 valence electrons. The van der Waals surface area contributed by atoms with Gasteiger partial charge in [0.1, 0.15) is 0 Å². The molecule has 0 atom stereocenters. The largest absolute Gasteiger partial charge is 0.417 e. The van der Waals surface area contributed by atoms with Crippen molar-refractivity contribution in [1.82, 2.24) is 4.90 Å². The van der Waals surface area contributed by atoms with Crippen molar-refractivity contribution in [2.75, 3.05) is 13.1 Å². The lowest BCUT2D eigenvalue weighted by Gasteiger charge is -2.39. The summed E-state index contributed by atoms with van der Waals surface area (Å²) >= 11 is 0. The smallest absolute Gasteiger partial charge is 0.380 e. The van der Waals surface area contributed by atoms with Crippen LogP contribution in [0.1, 0.15) is 24.0 Å². The highest BCUT2D eigenvalue weighted by molar-refractivity contribution is 5.44. The lowest BCUT2D eigenvalue weighted by Crippen LogP contribution is -2.53. The summed E-state index contributed by atoms with van der Waals surface area (Å²) in [5, 5.41) is 20.5. The van der Waals surface area contributed by atoms with Gasteiger partial charge in [-0.25, -0.2) is 0 Å². The van der Waals surface area contributed by atoms with Crippen molar-refractivity contribution >= 4 is 5.69 Å². The molecule has 0 spiro atoms. The molecule has 0 unspecified atom stereocenters. The Bertz CT molecular complexity index is 567.